The van der Waals surface area contributed by atoms with Gasteiger partial charge < -0.3 is 14.8 Å². The van der Waals surface area contributed by atoms with Crippen molar-refractivity contribution in [1.29, 1.82) is 0 Å². The van der Waals surface area contributed by atoms with Crippen LogP contribution in [0.3, 0.4) is 0 Å². The molecule has 5 amide bonds. The first-order valence-corrected chi connectivity index (χ1v) is 21.0. The Labute approximate surface area is 348 Å². The number of alkyl halides is 2. The van der Waals surface area contributed by atoms with Crippen molar-refractivity contribution in [2.45, 2.75) is 83.1 Å². The SMILES string of the molecule is C[C@@H]1Cc2c([nH]c3ccccc23)[C@@H](c2c(F)cc(N3CCC4(CCN(CC(=O)N5Cc6cc7c(cc6C5)C(=O)N(C5CCC(=O)NC5=O)C7=O)C4)CC3)cc2F)N1CC(F)F. The van der Waals surface area contributed by atoms with E-state index >= 15 is 8.78 Å². The van der Waals surface area contributed by atoms with Gasteiger partial charge in [0.15, 0.2) is 0 Å². The van der Waals surface area contributed by atoms with E-state index in [1.165, 1.54) is 17.0 Å². The smallest absolute Gasteiger partial charge is 0.262 e. The third kappa shape index (κ3) is 6.69. The van der Waals surface area contributed by atoms with Gasteiger partial charge in [-0.05, 0) is 98.0 Å². The van der Waals surface area contributed by atoms with E-state index in [1.54, 1.807) is 17.0 Å². The lowest BCUT2D eigenvalue weighted by molar-refractivity contribution is -0.136. The van der Waals surface area contributed by atoms with Gasteiger partial charge in [0, 0.05) is 73.0 Å². The summed E-state index contributed by atoms with van der Waals surface area (Å²) in [6.07, 6.45) is 0.308. The van der Waals surface area contributed by atoms with Crippen LogP contribution in [0.25, 0.3) is 10.9 Å². The average Bonchev–Trinajstić information content (AvgIpc) is 3.98. The molecule has 0 saturated carbocycles. The molecule has 0 radical (unpaired) electrons. The lowest BCUT2D eigenvalue weighted by atomic mass is 9.77. The summed E-state index contributed by atoms with van der Waals surface area (Å²) in [5.74, 6) is -3.89. The van der Waals surface area contributed by atoms with Gasteiger partial charge >= 0.3 is 0 Å². The molecule has 318 valence electrons. The minimum Gasteiger partial charge on any atom is -0.371 e. The molecule has 0 aliphatic carbocycles. The Kier molecular flexibility index (Phi) is 9.58. The van der Waals surface area contributed by atoms with Crippen LogP contribution < -0.4 is 10.2 Å². The van der Waals surface area contributed by atoms with Crippen LogP contribution in [-0.2, 0) is 33.9 Å². The molecule has 3 aromatic carbocycles. The molecule has 1 aromatic heterocycles. The number of nitrogens with one attached hydrogen (secondary N) is 2. The second-order valence-corrected chi connectivity index (χ2v) is 17.7. The number of amides is 5. The number of imide groups is 2. The quantitative estimate of drug-likeness (QED) is 0.190. The Morgan fingerprint density at radius 2 is 1.56 bits per heavy atom. The molecule has 7 heterocycles. The van der Waals surface area contributed by atoms with Gasteiger partial charge in [-0.2, -0.15) is 0 Å². The Bertz CT molecular complexity index is 2470. The van der Waals surface area contributed by atoms with Crippen LogP contribution in [0.1, 0.15) is 93.7 Å². The summed E-state index contributed by atoms with van der Waals surface area (Å²) in [6, 6.07) is 11.1. The first-order valence-electron chi connectivity index (χ1n) is 21.0. The molecule has 1 spiro atoms. The van der Waals surface area contributed by atoms with E-state index in [0.29, 0.717) is 37.4 Å². The fourth-order valence-corrected chi connectivity index (χ4v) is 10.9. The van der Waals surface area contributed by atoms with Gasteiger partial charge in [0.2, 0.25) is 17.7 Å². The van der Waals surface area contributed by atoms with Crippen molar-refractivity contribution < 1.29 is 41.5 Å². The molecular formula is C45H45F4N7O5. The van der Waals surface area contributed by atoms with Crippen LogP contribution in [0.2, 0.25) is 0 Å². The number of benzene rings is 3. The molecule has 12 nitrogen and oxygen atoms in total. The summed E-state index contributed by atoms with van der Waals surface area (Å²) in [5, 5.41) is 3.12. The van der Waals surface area contributed by atoms with Gasteiger partial charge in [0.1, 0.15) is 17.7 Å². The van der Waals surface area contributed by atoms with Crippen molar-refractivity contribution >= 4 is 46.1 Å². The summed E-state index contributed by atoms with van der Waals surface area (Å²) in [6.45, 7) is 4.53. The van der Waals surface area contributed by atoms with Crippen LogP contribution >= 0.6 is 0 Å². The zero-order valence-electron chi connectivity index (χ0n) is 33.6. The Balaban J connectivity index is 0.779. The van der Waals surface area contributed by atoms with Gasteiger partial charge in [0.25, 0.3) is 18.2 Å². The number of aromatic nitrogens is 1. The molecule has 61 heavy (non-hydrogen) atoms. The molecule has 6 aliphatic rings. The van der Waals surface area contributed by atoms with Crippen LogP contribution in [0.15, 0.2) is 48.5 Å². The number of piperidine rings is 2. The first-order chi connectivity index (χ1) is 29.3. The molecule has 3 saturated heterocycles. The van der Waals surface area contributed by atoms with Gasteiger partial charge in [-0.15, -0.1) is 0 Å². The Morgan fingerprint density at radius 3 is 2.21 bits per heavy atom. The normalized spacial score (nSPS) is 24.0. The van der Waals surface area contributed by atoms with E-state index < -0.39 is 60.3 Å². The number of nitrogens with zero attached hydrogens (tertiary/aromatic N) is 5. The van der Waals surface area contributed by atoms with Crippen LogP contribution in [0, 0.1) is 17.0 Å². The number of carbonyl (C=O) groups is 5. The lowest BCUT2D eigenvalue weighted by Crippen LogP contribution is -2.54. The number of aromatic amines is 1. The van der Waals surface area contributed by atoms with E-state index in [-0.39, 0.29) is 66.5 Å². The Hall–Kier alpha value is -5.61. The molecule has 3 atom stereocenters. The zero-order valence-corrected chi connectivity index (χ0v) is 33.6. The van der Waals surface area contributed by atoms with Gasteiger partial charge in [-0.25, -0.2) is 17.6 Å². The predicted molar refractivity (Wildman–Crippen MR) is 215 cm³/mol. The van der Waals surface area contributed by atoms with Crippen molar-refractivity contribution in [2.24, 2.45) is 5.41 Å². The van der Waals surface area contributed by atoms with E-state index in [1.807, 2.05) is 36.1 Å². The largest absolute Gasteiger partial charge is 0.371 e. The molecule has 3 fully saturated rings. The summed E-state index contributed by atoms with van der Waals surface area (Å²) in [7, 11) is 0. The number of carbonyl (C=O) groups excluding carboxylic acids is 5. The molecule has 16 heteroatoms. The highest BCUT2D eigenvalue weighted by Crippen LogP contribution is 2.45. The third-order valence-corrected chi connectivity index (χ3v) is 14.1. The standard InChI is InChI=1S/C45H45F4N7O5/c1-24-14-29-28-4-2-3-5-34(28)50-40(29)41(55(24)21-36(48)49)39-32(46)17-27(18-33(39)47)53-12-9-45(10-13-53)8-11-52(23-45)22-38(58)54-19-25-15-30-31(16-26(25)20-54)44(61)56(43(30)60)35-6-7-37(57)51-42(35)59/h2-5,15-18,24,35-36,41,50H,6-14,19-23H2,1H3,(H,51,57,59)/t24-,35?,41-/m1/s1. The van der Waals surface area contributed by atoms with Gasteiger partial charge in [0.05, 0.1) is 30.3 Å². The zero-order chi connectivity index (χ0) is 42.5. The summed E-state index contributed by atoms with van der Waals surface area (Å²) in [4.78, 5) is 76.0. The molecule has 0 bridgehead atoms. The maximum atomic E-state index is 16.3. The van der Waals surface area contributed by atoms with E-state index in [0.717, 1.165) is 58.3 Å². The average molecular weight is 840 g/mol. The Morgan fingerprint density at radius 1 is 0.902 bits per heavy atom. The predicted octanol–water partition coefficient (Wildman–Crippen LogP) is 5.28. The van der Waals surface area contributed by atoms with Gasteiger partial charge in [-0.3, -0.25) is 44.0 Å². The van der Waals surface area contributed by atoms with Crippen molar-refractivity contribution in [3.05, 3.63) is 99.2 Å². The van der Waals surface area contributed by atoms with Crippen molar-refractivity contribution in [1.82, 2.24) is 29.9 Å². The topological polar surface area (TPSA) is 129 Å². The second-order valence-electron chi connectivity index (χ2n) is 17.7. The van der Waals surface area contributed by atoms with E-state index in [9.17, 15) is 32.8 Å². The van der Waals surface area contributed by atoms with Crippen molar-refractivity contribution in [3.63, 3.8) is 0 Å². The number of hydrogen-bond donors (Lipinski definition) is 2. The van der Waals surface area contributed by atoms with Crippen LogP contribution in [0.4, 0.5) is 23.2 Å². The summed E-state index contributed by atoms with van der Waals surface area (Å²) >= 11 is 0. The molecule has 2 N–H and O–H groups in total. The number of rotatable bonds is 7. The highest BCUT2D eigenvalue weighted by atomic mass is 19.3. The number of fused-ring (bicyclic) bond motifs is 5. The number of halogens is 4. The molecule has 6 aliphatic heterocycles. The highest BCUT2D eigenvalue weighted by Gasteiger charge is 2.47. The number of para-hydroxylation sites is 1. The fraction of sp³-hybridized carbons (Fsp3) is 0.444. The fourth-order valence-electron chi connectivity index (χ4n) is 10.9. The third-order valence-electron chi connectivity index (χ3n) is 14.1. The van der Waals surface area contributed by atoms with E-state index in [2.05, 4.69) is 15.2 Å². The molecule has 4 aromatic rings. The molecule has 1 unspecified atom stereocenters. The minimum absolute atomic E-state index is 0.0364. The number of likely N-dealkylation sites (tertiary alicyclic amines) is 1. The summed E-state index contributed by atoms with van der Waals surface area (Å²) in [5.41, 5.74) is 4.26. The number of anilines is 1. The lowest BCUT2D eigenvalue weighted by Gasteiger charge is -2.42. The minimum atomic E-state index is -2.69. The molecular weight excluding hydrogens is 795 g/mol. The number of hydrogen-bond acceptors (Lipinski definition) is 8. The van der Waals surface area contributed by atoms with Crippen LogP contribution in [0.5, 0.6) is 0 Å². The van der Waals surface area contributed by atoms with Gasteiger partial charge in [-0.1, -0.05) is 18.2 Å². The maximum Gasteiger partial charge on any atom is 0.262 e. The number of H-pyrrole nitrogens is 1. The second kappa shape index (κ2) is 14.8. The molecule has 10 rings (SSSR count). The highest BCUT2D eigenvalue weighted by molar-refractivity contribution is 6.23. The first kappa shape index (κ1) is 39.5. The monoisotopic (exact) mass is 839 g/mol. The van der Waals surface area contributed by atoms with Crippen LogP contribution in [-0.4, -0.2) is 112 Å². The summed E-state index contributed by atoms with van der Waals surface area (Å²) < 4.78 is 60.5. The van der Waals surface area contributed by atoms with Crippen molar-refractivity contribution in [3.8, 4) is 0 Å². The van der Waals surface area contributed by atoms with E-state index in [4.69, 9.17) is 0 Å². The maximum absolute atomic E-state index is 16.3. The van der Waals surface area contributed by atoms with Crippen molar-refractivity contribution in [2.75, 3.05) is 44.2 Å².